The van der Waals surface area contributed by atoms with Gasteiger partial charge < -0.3 is 26.0 Å². The van der Waals surface area contributed by atoms with Crippen LogP contribution in [0.1, 0.15) is 47.5 Å². The zero-order chi connectivity index (χ0) is 27.4. The number of hydrogen-bond acceptors (Lipinski definition) is 8. The Morgan fingerprint density at radius 2 is 1.58 bits per heavy atom. The first-order valence-electron chi connectivity index (χ1n) is 11.9. The smallest absolute Gasteiger partial charge is 0.329 e. The monoisotopic (exact) mass is 542 g/mol. The van der Waals surface area contributed by atoms with Crippen molar-refractivity contribution in [1.82, 2.24) is 21.3 Å². The van der Waals surface area contributed by atoms with E-state index in [2.05, 4.69) is 46.5 Å². The fraction of sp³-hybridized carbons (Fsp3) is 0.625. The van der Waals surface area contributed by atoms with Crippen LogP contribution in [0.15, 0.2) is 23.9 Å². The van der Waals surface area contributed by atoms with Crippen molar-refractivity contribution in [3.8, 4) is 0 Å². The molecular weight excluding hydrogens is 504 g/mol. The third-order valence-corrected chi connectivity index (χ3v) is 6.00. The van der Waals surface area contributed by atoms with E-state index in [-0.39, 0.29) is 29.7 Å². The van der Waals surface area contributed by atoms with Gasteiger partial charge in [0.1, 0.15) is 29.9 Å². The lowest BCUT2D eigenvalue weighted by atomic mass is 10.0. The molecule has 0 aromatic carbocycles. The fourth-order valence-corrected chi connectivity index (χ4v) is 3.70. The molecule has 0 saturated carbocycles. The highest BCUT2D eigenvalue weighted by atomic mass is 32.1. The average Bonchev–Trinajstić information content (AvgIpc) is 2.81. The van der Waals surface area contributed by atoms with Crippen molar-refractivity contribution in [1.29, 1.82) is 0 Å². The zero-order valence-corrected chi connectivity index (χ0v) is 23.2. The van der Waals surface area contributed by atoms with Crippen molar-refractivity contribution in [3.05, 3.63) is 23.9 Å². The van der Waals surface area contributed by atoms with E-state index in [0.717, 1.165) is 0 Å². The number of thiol groups is 2. The van der Waals surface area contributed by atoms with E-state index in [9.17, 15) is 24.0 Å². The van der Waals surface area contributed by atoms with Crippen molar-refractivity contribution in [2.75, 3.05) is 11.5 Å². The SMILES string of the molecule is CC=C1NC(=O)[C@@H](CS)NC(=O)[C@@H](C(C)C)NC(=O)C[C@@H](C=CCCS)OC(=O)[C@H](C(C)C)NC1=O. The van der Waals surface area contributed by atoms with E-state index < -0.39 is 53.8 Å². The second-order valence-corrected chi connectivity index (χ2v) is 9.85. The fourth-order valence-electron chi connectivity index (χ4n) is 3.30. The molecule has 0 unspecified atom stereocenters. The first-order chi connectivity index (χ1) is 16.9. The molecule has 36 heavy (non-hydrogen) atoms. The van der Waals surface area contributed by atoms with Gasteiger partial charge in [0.15, 0.2) is 0 Å². The van der Waals surface area contributed by atoms with Gasteiger partial charge in [0, 0.05) is 5.75 Å². The molecule has 4 atom stereocenters. The molecule has 10 nitrogen and oxygen atoms in total. The molecule has 4 N–H and O–H groups in total. The molecule has 4 amide bonds. The number of amides is 4. The van der Waals surface area contributed by atoms with Crippen LogP contribution >= 0.6 is 25.3 Å². The molecule has 1 heterocycles. The third kappa shape index (κ3) is 9.88. The molecule has 0 bridgehead atoms. The molecule has 0 aliphatic carbocycles. The van der Waals surface area contributed by atoms with E-state index in [0.29, 0.717) is 12.2 Å². The molecule has 1 aliphatic heterocycles. The first-order valence-corrected chi connectivity index (χ1v) is 13.2. The van der Waals surface area contributed by atoms with E-state index in [1.165, 1.54) is 6.08 Å². The van der Waals surface area contributed by atoms with E-state index in [1.807, 2.05) is 0 Å². The number of hydrogen-bond donors (Lipinski definition) is 6. The molecule has 0 spiro atoms. The van der Waals surface area contributed by atoms with E-state index in [1.54, 1.807) is 46.8 Å². The Morgan fingerprint density at radius 3 is 2.11 bits per heavy atom. The van der Waals surface area contributed by atoms with Gasteiger partial charge in [0.25, 0.3) is 5.91 Å². The van der Waals surface area contributed by atoms with Crippen LogP contribution in [0.4, 0.5) is 0 Å². The lowest BCUT2D eigenvalue weighted by molar-refractivity contribution is -0.153. The summed E-state index contributed by atoms with van der Waals surface area (Å²) in [5.41, 5.74) is -0.0921. The summed E-state index contributed by atoms with van der Waals surface area (Å²) in [7, 11) is 0. The highest BCUT2D eigenvalue weighted by Gasteiger charge is 2.33. The summed E-state index contributed by atoms with van der Waals surface area (Å²) in [5, 5.41) is 10.3. The van der Waals surface area contributed by atoms with Gasteiger partial charge in [0.2, 0.25) is 17.7 Å². The van der Waals surface area contributed by atoms with Crippen LogP contribution in [0.25, 0.3) is 0 Å². The summed E-state index contributed by atoms with van der Waals surface area (Å²) in [6.45, 7) is 8.51. The highest BCUT2D eigenvalue weighted by molar-refractivity contribution is 7.80. The summed E-state index contributed by atoms with van der Waals surface area (Å²) in [5.74, 6) is -3.32. The second-order valence-electron chi connectivity index (χ2n) is 9.04. The van der Waals surface area contributed by atoms with Crippen LogP contribution in [0.5, 0.6) is 0 Å². The molecule has 202 valence electrons. The summed E-state index contributed by atoms with van der Waals surface area (Å²) in [6.07, 6.45) is 4.16. The lowest BCUT2D eigenvalue weighted by Crippen LogP contribution is -2.57. The lowest BCUT2D eigenvalue weighted by Gasteiger charge is -2.27. The third-order valence-electron chi connectivity index (χ3n) is 5.38. The van der Waals surface area contributed by atoms with E-state index >= 15 is 0 Å². The van der Waals surface area contributed by atoms with Gasteiger partial charge in [-0.3, -0.25) is 19.2 Å². The molecule has 0 radical (unpaired) electrons. The maximum atomic E-state index is 13.0. The molecular formula is C24H38N4O6S2. The van der Waals surface area contributed by atoms with Crippen LogP contribution in [0, 0.1) is 11.8 Å². The Kier molecular flexibility index (Phi) is 13.7. The van der Waals surface area contributed by atoms with Gasteiger partial charge >= 0.3 is 5.97 Å². The Labute approximate surface area is 223 Å². The number of rotatable bonds is 6. The summed E-state index contributed by atoms with van der Waals surface area (Å²) in [6, 6.07) is -3.06. The van der Waals surface area contributed by atoms with Gasteiger partial charge in [0.05, 0.1) is 6.42 Å². The van der Waals surface area contributed by atoms with Crippen molar-refractivity contribution in [3.63, 3.8) is 0 Å². The first kappa shape index (κ1) is 31.6. The van der Waals surface area contributed by atoms with E-state index in [4.69, 9.17) is 4.74 Å². The average molecular weight is 543 g/mol. The molecule has 1 saturated heterocycles. The summed E-state index contributed by atoms with van der Waals surface area (Å²) >= 11 is 8.31. The molecule has 12 heteroatoms. The zero-order valence-electron chi connectivity index (χ0n) is 21.4. The van der Waals surface area contributed by atoms with Crippen LogP contribution in [-0.2, 0) is 28.7 Å². The number of carbonyl (C=O) groups excluding carboxylic acids is 5. The largest absolute Gasteiger partial charge is 0.456 e. The van der Waals surface area contributed by atoms with Crippen LogP contribution in [-0.4, -0.2) is 65.3 Å². The second kappa shape index (κ2) is 15.6. The number of ether oxygens (including phenoxy) is 1. The predicted molar refractivity (Wildman–Crippen MR) is 143 cm³/mol. The van der Waals surface area contributed by atoms with Crippen molar-refractivity contribution >= 4 is 54.9 Å². The topological polar surface area (TPSA) is 143 Å². The molecule has 0 aromatic heterocycles. The quantitative estimate of drug-likeness (QED) is 0.127. The number of allylic oxidation sites excluding steroid dienone is 2. The minimum absolute atomic E-state index is 0.0477. The summed E-state index contributed by atoms with van der Waals surface area (Å²) in [4.78, 5) is 64.5. The Bertz CT molecular complexity index is 875. The maximum Gasteiger partial charge on any atom is 0.329 e. The highest BCUT2D eigenvalue weighted by Crippen LogP contribution is 2.12. The van der Waals surface area contributed by atoms with Crippen molar-refractivity contribution < 1.29 is 28.7 Å². The minimum atomic E-state index is -1.07. The Morgan fingerprint density at radius 1 is 0.944 bits per heavy atom. The molecule has 0 aromatic rings. The van der Waals surface area contributed by atoms with Gasteiger partial charge in [-0.25, -0.2) is 4.79 Å². The predicted octanol–water partition coefficient (Wildman–Crippen LogP) is 0.894. The number of nitrogens with one attached hydrogen (secondary N) is 4. The van der Waals surface area contributed by atoms with Crippen LogP contribution in [0.3, 0.4) is 0 Å². The number of esters is 1. The normalized spacial score (nSPS) is 26.6. The molecule has 1 aliphatic rings. The summed E-state index contributed by atoms with van der Waals surface area (Å²) < 4.78 is 5.59. The van der Waals surface area contributed by atoms with Gasteiger partial charge in [-0.15, -0.1) is 0 Å². The van der Waals surface area contributed by atoms with Crippen LogP contribution < -0.4 is 21.3 Å². The maximum absolute atomic E-state index is 13.0. The van der Waals surface area contributed by atoms with Crippen molar-refractivity contribution in [2.45, 2.75) is 71.7 Å². The number of cyclic esters (lactones) is 1. The van der Waals surface area contributed by atoms with Gasteiger partial charge in [-0.05, 0) is 37.0 Å². The Hall–Kier alpha value is -2.47. The van der Waals surface area contributed by atoms with Crippen molar-refractivity contribution in [2.24, 2.45) is 11.8 Å². The van der Waals surface area contributed by atoms with Crippen LogP contribution in [0.2, 0.25) is 0 Å². The number of carbonyl (C=O) groups is 5. The van der Waals surface area contributed by atoms with Gasteiger partial charge in [-0.1, -0.05) is 39.8 Å². The minimum Gasteiger partial charge on any atom is -0.456 e. The Balaban J connectivity index is 3.43. The molecule has 1 rings (SSSR count). The van der Waals surface area contributed by atoms with Gasteiger partial charge in [-0.2, -0.15) is 25.3 Å². The molecule has 1 fully saturated rings. The standard InChI is InChI=1S/C24H38N4O6S2/c1-6-16-21(30)28-20(14(4)5)24(33)34-15(9-7-8-10-35)11-18(29)27-19(13(2)3)23(32)26-17(12-36)22(31)25-16/h6-7,9,13-15,17,19-20,35-36H,8,10-12H2,1-5H3,(H,25,31)(H,26,32)(H,27,29)(H,28,30)/t15-,17-,19-,20+/m1/s1.